The Bertz CT molecular complexity index is 34.6. The van der Waals surface area contributed by atoms with Gasteiger partial charge in [-0.1, -0.05) is 5.98 Å². The van der Waals surface area contributed by atoms with Crippen molar-refractivity contribution in [1.82, 2.24) is 0 Å². The molecule has 0 N–H and O–H groups in total. The molecule has 3 heteroatoms. The van der Waals surface area contributed by atoms with Crippen molar-refractivity contribution in [2.75, 3.05) is 0 Å². The van der Waals surface area contributed by atoms with Gasteiger partial charge in [0.1, 0.15) is 0 Å². The molecule has 0 atom stereocenters. The molecule has 0 amide bonds. The minimum atomic E-state index is 0.273. The van der Waals surface area contributed by atoms with Crippen molar-refractivity contribution < 1.29 is 0 Å². The van der Waals surface area contributed by atoms with Crippen LogP contribution in [0.3, 0.4) is 0 Å². The lowest BCUT2D eigenvalue weighted by molar-refractivity contribution is 2.61. The van der Waals surface area contributed by atoms with Crippen LogP contribution in [0.15, 0.2) is 12.6 Å². The van der Waals surface area contributed by atoms with Crippen LogP contribution in [-0.2, 0) is 0 Å². The second kappa shape index (κ2) is 2.97. The summed E-state index contributed by atoms with van der Waals surface area (Å²) in [5, 5.41) is 0. The lowest BCUT2D eigenvalue weighted by atomic mass is 10.2. The van der Waals surface area contributed by atoms with Gasteiger partial charge in [0.2, 0.25) is 0 Å². The molecule has 0 heterocycles. The SMILES string of the molecule is C=CB(Br)Br. The quantitative estimate of drug-likeness (QED) is 0.564. The number of rotatable bonds is 1. The van der Waals surface area contributed by atoms with Gasteiger partial charge in [-0.25, -0.2) is 0 Å². The van der Waals surface area contributed by atoms with E-state index in [1.54, 1.807) is 5.98 Å². The highest BCUT2D eigenvalue weighted by molar-refractivity contribution is 9.49. The van der Waals surface area contributed by atoms with E-state index in [0.29, 0.717) is 0 Å². The molecule has 0 aliphatic carbocycles. The van der Waals surface area contributed by atoms with Gasteiger partial charge >= 0.3 is 4.36 Å². The summed E-state index contributed by atoms with van der Waals surface area (Å²) < 4.78 is 0.273. The fourth-order valence-corrected chi connectivity index (χ4v) is 0. The highest BCUT2D eigenvalue weighted by atomic mass is 79.9. The third-order valence-corrected chi connectivity index (χ3v) is 0.926. The highest BCUT2D eigenvalue weighted by Gasteiger charge is 1.89. The number of hydrogen-bond acceptors (Lipinski definition) is 0. The van der Waals surface area contributed by atoms with Gasteiger partial charge in [-0.15, -0.1) is 38.1 Å². The fourth-order valence-electron chi connectivity index (χ4n) is 0. The third kappa shape index (κ3) is 4.76. The van der Waals surface area contributed by atoms with Gasteiger partial charge in [0.05, 0.1) is 0 Å². The van der Waals surface area contributed by atoms with Crippen molar-refractivity contribution in [3.8, 4) is 0 Å². The largest absolute Gasteiger partial charge is 0.321 e. The molecule has 0 bridgehead atoms. The van der Waals surface area contributed by atoms with Crippen molar-refractivity contribution >= 4 is 35.9 Å². The second-order valence-electron chi connectivity index (χ2n) is 0.570. The van der Waals surface area contributed by atoms with E-state index in [1.807, 2.05) is 0 Å². The van der Waals surface area contributed by atoms with E-state index < -0.39 is 0 Å². The maximum atomic E-state index is 3.47. The molecule has 0 spiro atoms. The fraction of sp³-hybridized carbons (Fsp3) is 0. The summed E-state index contributed by atoms with van der Waals surface area (Å²) in [7, 11) is 0. The summed E-state index contributed by atoms with van der Waals surface area (Å²) in [6, 6.07) is 0. The van der Waals surface area contributed by atoms with Crippen molar-refractivity contribution in [3.63, 3.8) is 0 Å². The molecule has 0 unspecified atom stereocenters. The molecule has 0 aromatic heterocycles. The molecule has 0 aliphatic rings. The van der Waals surface area contributed by atoms with E-state index in [2.05, 4.69) is 38.1 Å². The van der Waals surface area contributed by atoms with E-state index in [0.717, 1.165) is 0 Å². The maximum absolute atomic E-state index is 3.47. The van der Waals surface area contributed by atoms with Gasteiger partial charge in [0.15, 0.2) is 0 Å². The Morgan fingerprint density at radius 1 is 1.60 bits per heavy atom. The summed E-state index contributed by atoms with van der Waals surface area (Å²) in [5.41, 5.74) is 0. The zero-order valence-corrected chi connectivity index (χ0v) is 5.79. The van der Waals surface area contributed by atoms with Crippen LogP contribution in [0.5, 0.6) is 0 Å². The van der Waals surface area contributed by atoms with Crippen LogP contribution >= 0.6 is 31.5 Å². The first-order chi connectivity index (χ1) is 2.27. The summed E-state index contributed by atoms with van der Waals surface area (Å²) in [5.74, 6) is 1.75. The summed E-state index contributed by atoms with van der Waals surface area (Å²) in [4.78, 5) is 0. The number of halogens is 2. The second-order valence-corrected chi connectivity index (χ2v) is 3.77. The molecule has 0 saturated carbocycles. The molecule has 0 rings (SSSR count). The van der Waals surface area contributed by atoms with Crippen LogP contribution < -0.4 is 0 Å². The smallest absolute Gasteiger partial charge is 0.133 e. The van der Waals surface area contributed by atoms with Crippen LogP contribution in [0.2, 0.25) is 0 Å². The molecular formula is C2H3BBr2. The molecule has 0 fully saturated rings. The lowest BCUT2D eigenvalue weighted by Crippen LogP contribution is -1.76. The molecule has 0 saturated heterocycles. The average Bonchev–Trinajstić information content (AvgIpc) is 1.38. The van der Waals surface area contributed by atoms with E-state index in [4.69, 9.17) is 0 Å². The highest BCUT2D eigenvalue weighted by Crippen LogP contribution is 2.00. The molecule has 5 heavy (non-hydrogen) atoms. The molecule has 0 aromatic rings. The van der Waals surface area contributed by atoms with Crippen LogP contribution in [0.4, 0.5) is 0 Å². The molecular weight excluding hydrogens is 195 g/mol. The zero-order valence-electron chi connectivity index (χ0n) is 2.62. The minimum Gasteiger partial charge on any atom is -0.133 e. The molecule has 0 aliphatic heterocycles. The monoisotopic (exact) mass is 196 g/mol. The zero-order chi connectivity index (χ0) is 4.28. The predicted octanol–water partition coefficient (Wildman–Crippen LogP) is 1.99. The van der Waals surface area contributed by atoms with Crippen molar-refractivity contribution in [2.45, 2.75) is 0 Å². The Morgan fingerprint density at radius 3 is 1.80 bits per heavy atom. The normalized spacial score (nSPS) is 6.80. The Balaban J connectivity index is 2.83. The minimum absolute atomic E-state index is 0.273. The van der Waals surface area contributed by atoms with Crippen LogP contribution in [-0.4, -0.2) is 4.36 Å². The molecule has 0 aromatic carbocycles. The molecule has 0 radical (unpaired) electrons. The van der Waals surface area contributed by atoms with Gasteiger partial charge in [0.25, 0.3) is 0 Å². The molecule has 28 valence electrons. The maximum Gasteiger partial charge on any atom is 0.321 e. The predicted molar refractivity (Wildman–Crippen MR) is 33.8 cm³/mol. The van der Waals surface area contributed by atoms with E-state index in [1.165, 1.54) is 0 Å². The first kappa shape index (κ1) is 5.76. The Kier molecular flexibility index (Phi) is 3.43. The van der Waals surface area contributed by atoms with Crippen LogP contribution in [0, 0.1) is 0 Å². The third-order valence-electron chi connectivity index (χ3n) is 0.178. The van der Waals surface area contributed by atoms with Crippen LogP contribution in [0.25, 0.3) is 0 Å². The van der Waals surface area contributed by atoms with Gasteiger partial charge in [0, 0.05) is 0 Å². The topological polar surface area (TPSA) is 0 Å². The molecule has 0 nitrogen and oxygen atoms in total. The van der Waals surface area contributed by atoms with Gasteiger partial charge in [-0.05, 0) is 0 Å². The summed E-state index contributed by atoms with van der Waals surface area (Å²) in [6.45, 7) is 3.47. The van der Waals surface area contributed by atoms with Crippen LogP contribution in [0.1, 0.15) is 0 Å². The van der Waals surface area contributed by atoms with Gasteiger partial charge in [-0.3, -0.25) is 0 Å². The van der Waals surface area contributed by atoms with E-state index in [-0.39, 0.29) is 4.36 Å². The van der Waals surface area contributed by atoms with Crippen molar-refractivity contribution in [3.05, 3.63) is 12.6 Å². The van der Waals surface area contributed by atoms with Gasteiger partial charge < -0.3 is 0 Å². The Morgan fingerprint density at radius 2 is 1.80 bits per heavy atom. The summed E-state index contributed by atoms with van der Waals surface area (Å²) in [6.07, 6.45) is 0. The Hall–Kier alpha value is 0.765. The average molecular weight is 198 g/mol. The lowest BCUT2D eigenvalue weighted by Gasteiger charge is -1.71. The van der Waals surface area contributed by atoms with E-state index >= 15 is 0 Å². The van der Waals surface area contributed by atoms with E-state index in [9.17, 15) is 0 Å². The standard InChI is InChI=1S/C2H3BBr2/c1-2-3(4)5/h2H,1H2. The van der Waals surface area contributed by atoms with Crippen molar-refractivity contribution in [2.24, 2.45) is 0 Å². The Labute approximate surface area is 48.7 Å². The number of hydrogen-bond donors (Lipinski definition) is 0. The van der Waals surface area contributed by atoms with Gasteiger partial charge in [-0.2, -0.15) is 0 Å². The first-order valence-corrected chi connectivity index (χ1v) is 3.01. The van der Waals surface area contributed by atoms with Crippen molar-refractivity contribution in [1.29, 1.82) is 0 Å². The summed E-state index contributed by atoms with van der Waals surface area (Å²) >= 11 is 6.34. The first-order valence-electron chi connectivity index (χ1n) is 1.18.